The SMILES string of the molecule is NC1CCC(C(=O)N2CCC(OCC#Cc3ccc4c(c3)CN(C3CCC(=O)NC3=O)C4=O)CC2)CC1. The molecule has 3 N–H and O–H groups in total. The average molecular weight is 507 g/mol. The fourth-order valence-electron chi connectivity index (χ4n) is 5.82. The normalized spacial score (nSPS) is 26.4. The number of hydrogen-bond acceptors (Lipinski definition) is 6. The van der Waals surface area contributed by atoms with Gasteiger partial charge in [0.15, 0.2) is 0 Å². The molecule has 0 aromatic heterocycles. The van der Waals surface area contributed by atoms with E-state index in [0.29, 0.717) is 25.1 Å². The first-order valence-corrected chi connectivity index (χ1v) is 13.3. The number of fused-ring (bicyclic) bond motifs is 1. The first-order chi connectivity index (χ1) is 17.9. The lowest BCUT2D eigenvalue weighted by atomic mass is 9.85. The van der Waals surface area contributed by atoms with Crippen LogP contribution in [0.2, 0.25) is 0 Å². The molecule has 1 unspecified atom stereocenters. The minimum atomic E-state index is -0.622. The molecular formula is C28H34N4O5. The zero-order valence-electron chi connectivity index (χ0n) is 21.0. The largest absolute Gasteiger partial charge is 0.365 e. The Hall–Kier alpha value is -3.22. The molecule has 1 saturated carbocycles. The molecule has 0 spiro atoms. The molecule has 1 aliphatic carbocycles. The third-order valence-electron chi connectivity index (χ3n) is 8.02. The van der Waals surface area contributed by atoms with Crippen molar-refractivity contribution in [2.45, 2.75) is 76.1 Å². The summed E-state index contributed by atoms with van der Waals surface area (Å²) in [5.41, 5.74) is 8.16. The number of carbonyl (C=O) groups excluding carboxylic acids is 4. The third kappa shape index (κ3) is 5.71. The van der Waals surface area contributed by atoms with E-state index in [1.54, 1.807) is 12.1 Å². The summed E-state index contributed by atoms with van der Waals surface area (Å²) in [7, 11) is 0. The highest BCUT2D eigenvalue weighted by Gasteiger charge is 2.39. The summed E-state index contributed by atoms with van der Waals surface area (Å²) >= 11 is 0. The quantitative estimate of drug-likeness (QED) is 0.469. The summed E-state index contributed by atoms with van der Waals surface area (Å²) in [4.78, 5) is 52.8. The van der Waals surface area contributed by atoms with Gasteiger partial charge in [0.2, 0.25) is 17.7 Å². The summed E-state index contributed by atoms with van der Waals surface area (Å²) in [5, 5.41) is 2.32. The van der Waals surface area contributed by atoms with E-state index >= 15 is 0 Å². The zero-order valence-corrected chi connectivity index (χ0v) is 21.0. The van der Waals surface area contributed by atoms with Gasteiger partial charge in [-0.25, -0.2) is 0 Å². The van der Waals surface area contributed by atoms with Crippen molar-refractivity contribution in [3.63, 3.8) is 0 Å². The van der Waals surface area contributed by atoms with Gasteiger partial charge < -0.3 is 20.3 Å². The van der Waals surface area contributed by atoms with Gasteiger partial charge in [-0.2, -0.15) is 0 Å². The van der Waals surface area contributed by atoms with Gasteiger partial charge >= 0.3 is 0 Å². The van der Waals surface area contributed by atoms with E-state index in [9.17, 15) is 19.2 Å². The van der Waals surface area contributed by atoms with Gasteiger partial charge in [-0.05, 0) is 68.7 Å². The van der Waals surface area contributed by atoms with E-state index in [4.69, 9.17) is 10.5 Å². The van der Waals surface area contributed by atoms with E-state index < -0.39 is 11.9 Å². The Morgan fingerprint density at radius 2 is 1.81 bits per heavy atom. The first kappa shape index (κ1) is 25.4. The van der Waals surface area contributed by atoms with Crippen molar-refractivity contribution in [3.8, 4) is 11.8 Å². The van der Waals surface area contributed by atoms with Crippen molar-refractivity contribution < 1.29 is 23.9 Å². The van der Waals surface area contributed by atoms with E-state index in [1.807, 2.05) is 11.0 Å². The van der Waals surface area contributed by atoms with Crippen LogP contribution >= 0.6 is 0 Å². The number of imide groups is 1. The first-order valence-electron chi connectivity index (χ1n) is 13.3. The maximum Gasteiger partial charge on any atom is 0.255 e. The van der Waals surface area contributed by atoms with Crippen LogP contribution in [0.5, 0.6) is 0 Å². The molecule has 4 amide bonds. The molecule has 196 valence electrons. The minimum Gasteiger partial charge on any atom is -0.365 e. The number of likely N-dealkylation sites (tertiary alicyclic amines) is 1. The Morgan fingerprint density at radius 3 is 2.54 bits per heavy atom. The summed E-state index contributed by atoms with van der Waals surface area (Å²) in [6, 6.07) is 5.06. The van der Waals surface area contributed by atoms with Crippen LogP contribution in [0.25, 0.3) is 0 Å². The molecule has 1 atom stereocenters. The fraction of sp³-hybridized carbons (Fsp3) is 0.571. The highest BCUT2D eigenvalue weighted by molar-refractivity contribution is 6.05. The molecule has 1 aromatic carbocycles. The molecule has 2 saturated heterocycles. The molecule has 3 heterocycles. The molecule has 1 aromatic rings. The van der Waals surface area contributed by atoms with Gasteiger partial charge in [-0.3, -0.25) is 24.5 Å². The van der Waals surface area contributed by atoms with Crippen LogP contribution in [0, 0.1) is 17.8 Å². The molecule has 0 radical (unpaired) electrons. The van der Waals surface area contributed by atoms with E-state index in [-0.39, 0.29) is 42.2 Å². The molecule has 5 rings (SSSR count). The number of carbonyl (C=O) groups is 4. The van der Waals surface area contributed by atoms with Crippen LogP contribution < -0.4 is 11.1 Å². The van der Waals surface area contributed by atoms with Crippen molar-refractivity contribution in [3.05, 3.63) is 34.9 Å². The predicted molar refractivity (Wildman–Crippen MR) is 135 cm³/mol. The van der Waals surface area contributed by atoms with Crippen molar-refractivity contribution >= 4 is 23.6 Å². The van der Waals surface area contributed by atoms with Gasteiger partial charge in [0.25, 0.3) is 5.91 Å². The number of nitrogens with one attached hydrogen (secondary N) is 1. The molecule has 0 bridgehead atoms. The molecular weight excluding hydrogens is 472 g/mol. The molecule has 9 heteroatoms. The second-order valence-corrected chi connectivity index (χ2v) is 10.5. The van der Waals surface area contributed by atoms with E-state index in [1.165, 1.54) is 4.90 Å². The lowest BCUT2D eigenvalue weighted by molar-refractivity contribution is -0.139. The lowest BCUT2D eigenvalue weighted by Crippen LogP contribution is -2.52. The van der Waals surface area contributed by atoms with Crippen LogP contribution in [0.15, 0.2) is 18.2 Å². The second kappa shape index (κ2) is 11.0. The van der Waals surface area contributed by atoms with Crippen LogP contribution in [0.3, 0.4) is 0 Å². The Balaban J connectivity index is 1.08. The molecule has 3 fully saturated rings. The summed E-state index contributed by atoms with van der Waals surface area (Å²) in [6.07, 6.45) is 5.98. The maximum absolute atomic E-state index is 12.8. The highest BCUT2D eigenvalue weighted by atomic mass is 16.5. The number of nitrogens with zero attached hydrogens (tertiary/aromatic N) is 2. The van der Waals surface area contributed by atoms with Crippen molar-refractivity contribution in [2.24, 2.45) is 11.7 Å². The monoisotopic (exact) mass is 506 g/mol. The Morgan fingerprint density at radius 1 is 1.05 bits per heavy atom. The summed E-state index contributed by atoms with van der Waals surface area (Å²) < 4.78 is 5.96. The standard InChI is InChI=1S/C28H34N4O5/c29-21-6-4-19(5-7-21)27(35)31-13-11-22(12-14-31)37-15-1-2-18-3-8-23-20(16-18)17-32(28(23)36)24-9-10-25(33)30-26(24)34/h3,8,16,19,21-22,24H,4-7,9-15,17,29H2,(H,30,33,34). The van der Waals surface area contributed by atoms with Crippen molar-refractivity contribution in [2.75, 3.05) is 19.7 Å². The molecule has 4 aliphatic rings. The van der Waals surface area contributed by atoms with E-state index in [0.717, 1.165) is 62.7 Å². The van der Waals surface area contributed by atoms with Crippen molar-refractivity contribution in [1.82, 2.24) is 15.1 Å². The zero-order chi connectivity index (χ0) is 25.9. The third-order valence-corrected chi connectivity index (χ3v) is 8.02. The predicted octanol–water partition coefficient (Wildman–Crippen LogP) is 1.32. The number of benzene rings is 1. The molecule has 9 nitrogen and oxygen atoms in total. The van der Waals surface area contributed by atoms with Gasteiger partial charge in [0.1, 0.15) is 12.6 Å². The molecule has 3 aliphatic heterocycles. The smallest absolute Gasteiger partial charge is 0.255 e. The van der Waals surface area contributed by atoms with Crippen LogP contribution in [0.4, 0.5) is 0 Å². The second-order valence-electron chi connectivity index (χ2n) is 10.5. The van der Waals surface area contributed by atoms with Gasteiger partial charge in [-0.15, -0.1) is 0 Å². The van der Waals surface area contributed by atoms with Crippen molar-refractivity contribution in [1.29, 1.82) is 0 Å². The lowest BCUT2D eigenvalue weighted by Gasteiger charge is -2.35. The Labute approximate surface area is 217 Å². The minimum absolute atomic E-state index is 0.0952. The average Bonchev–Trinajstić information content (AvgIpc) is 3.22. The van der Waals surface area contributed by atoms with Crippen LogP contribution in [0.1, 0.15) is 72.9 Å². The topological polar surface area (TPSA) is 122 Å². The number of rotatable bonds is 4. The number of piperidine rings is 2. The van der Waals surface area contributed by atoms with Gasteiger partial charge in [-0.1, -0.05) is 11.8 Å². The number of hydrogen-bond donors (Lipinski definition) is 2. The number of nitrogens with two attached hydrogens (primary N) is 1. The summed E-state index contributed by atoms with van der Waals surface area (Å²) in [6.45, 7) is 2.08. The highest BCUT2D eigenvalue weighted by Crippen LogP contribution is 2.29. The Kier molecular flexibility index (Phi) is 7.58. The van der Waals surface area contributed by atoms with Crippen LogP contribution in [-0.4, -0.2) is 71.3 Å². The molecule has 37 heavy (non-hydrogen) atoms. The Bertz CT molecular complexity index is 1140. The van der Waals surface area contributed by atoms with E-state index in [2.05, 4.69) is 17.2 Å². The van der Waals surface area contributed by atoms with Gasteiger partial charge in [0.05, 0.1) is 6.10 Å². The number of amides is 4. The number of ether oxygens (including phenoxy) is 1. The maximum atomic E-state index is 12.8. The van der Waals surface area contributed by atoms with Gasteiger partial charge in [0, 0.05) is 49.1 Å². The van der Waals surface area contributed by atoms with Crippen LogP contribution in [-0.2, 0) is 25.7 Å². The fourth-order valence-corrected chi connectivity index (χ4v) is 5.82. The summed E-state index contributed by atoms with van der Waals surface area (Å²) in [5.74, 6) is 5.67.